The molecular weight excluding hydrogens is 384 g/mol. The van der Waals surface area contributed by atoms with Crippen LogP contribution < -0.4 is 5.01 Å². The fraction of sp³-hybridized carbons (Fsp3) is 0.238. The van der Waals surface area contributed by atoms with Crippen molar-refractivity contribution in [2.45, 2.75) is 30.7 Å². The van der Waals surface area contributed by atoms with E-state index in [0.29, 0.717) is 0 Å². The first kappa shape index (κ1) is 19.2. The van der Waals surface area contributed by atoms with Crippen molar-refractivity contribution in [1.82, 2.24) is 14.8 Å². The zero-order valence-electron chi connectivity index (χ0n) is 16.6. The van der Waals surface area contributed by atoms with E-state index in [1.54, 1.807) is 35.0 Å². The summed E-state index contributed by atoms with van der Waals surface area (Å²) >= 11 is 1.77. The van der Waals surface area contributed by atoms with Gasteiger partial charge in [-0.3, -0.25) is 4.79 Å². The van der Waals surface area contributed by atoms with E-state index in [2.05, 4.69) is 53.7 Å². The predicted molar refractivity (Wildman–Crippen MR) is 114 cm³/mol. The number of aromatic nitrogens is 2. The van der Waals surface area contributed by atoms with Gasteiger partial charge < -0.3 is 0 Å². The van der Waals surface area contributed by atoms with Gasteiger partial charge in [-0.25, -0.2) is 14.7 Å². The largest absolute Gasteiger partial charge is 0.299 e. The monoisotopic (exact) mass is 406 g/mol. The summed E-state index contributed by atoms with van der Waals surface area (Å²) in [6, 6.07) is 14.3. The van der Waals surface area contributed by atoms with Crippen molar-refractivity contribution in [2.24, 2.45) is 10.4 Å². The average molecular weight is 407 g/mol. The second kappa shape index (κ2) is 8.08. The quantitative estimate of drug-likeness (QED) is 0.450. The topological polar surface area (TPSA) is 66.1 Å². The molecule has 148 valence electrons. The van der Waals surface area contributed by atoms with Crippen molar-refractivity contribution >= 4 is 23.7 Å². The fourth-order valence-corrected chi connectivity index (χ4v) is 4.43. The number of aldehydes is 1. The molecule has 2 aromatic carbocycles. The summed E-state index contributed by atoms with van der Waals surface area (Å²) in [6.45, 7) is 4.19. The molecule has 0 aliphatic carbocycles. The molecule has 3 aromatic rings. The number of nitrogens with zero attached hydrogens (tertiary/aromatic N) is 6. The second-order valence-electron chi connectivity index (χ2n) is 6.91. The highest BCUT2D eigenvalue weighted by molar-refractivity contribution is 7.98. The summed E-state index contributed by atoms with van der Waals surface area (Å²) in [7, 11) is 1.75. The Balaban J connectivity index is 1.58. The second-order valence-corrected chi connectivity index (χ2v) is 7.93. The molecular formula is C21H22N6OS. The maximum absolute atomic E-state index is 11.5. The van der Waals surface area contributed by atoms with E-state index < -0.39 is 6.17 Å². The van der Waals surface area contributed by atoms with Crippen molar-refractivity contribution in [1.29, 1.82) is 0 Å². The number of anilines is 1. The van der Waals surface area contributed by atoms with Gasteiger partial charge in [0.2, 0.25) is 0 Å². The number of thioether (sulfide) groups is 1. The third kappa shape index (κ3) is 3.75. The Morgan fingerprint density at radius 3 is 2.69 bits per heavy atom. The van der Waals surface area contributed by atoms with E-state index in [9.17, 15) is 4.79 Å². The molecule has 0 radical (unpaired) electrons. The smallest absolute Gasteiger partial charge is 0.197 e. The van der Waals surface area contributed by atoms with Crippen LogP contribution in [0.4, 0.5) is 5.69 Å². The molecule has 0 amide bonds. The summed E-state index contributed by atoms with van der Waals surface area (Å²) in [5.74, 6) is 0.769. The first-order valence-corrected chi connectivity index (χ1v) is 10.3. The number of aryl methyl sites for hydroxylation is 2. The number of benzene rings is 2. The Bertz CT molecular complexity index is 1050. The molecule has 7 nitrogen and oxygen atoms in total. The van der Waals surface area contributed by atoms with Crippen molar-refractivity contribution in [2.75, 3.05) is 12.1 Å². The van der Waals surface area contributed by atoms with Crippen LogP contribution in [0.1, 0.15) is 16.7 Å². The summed E-state index contributed by atoms with van der Waals surface area (Å²) in [4.78, 5) is 12.7. The standard InChI is InChI=1S/C21H22N6OS/c1-15-6-4-7-19(27-21(13-28)25(3)23-24-27)18(15)14-29-20-9-8-17(12-16(20)2)26-11-5-10-22-26/h4-13,21H,14H2,1-3H3. The number of carbonyl (C=O) groups excluding carboxylic acids is 1. The highest BCUT2D eigenvalue weighted by atomic mass is 32.2. The Morgan fingerprint density at radius 1 is 1.10 bits per heavy atom. The van der Waals surface area contributed by atoms with Crippen LogP contribution in [0, 0.1) is 13.8 Å². The highest BCUT2D eigenvalue weighted by Crippen LogP contribution is 2.35. The van der Waals surface area contributed by atoms with Gasteiger partial charge in [0.1, 0.15) is 0 Å². The first-order valence-electron chi connectivity index (χ1n) is 9.29. The van der Waals surface area contributed by atoms with Crippen LogP contribution in [0.5, 0.6) is 0 Å². The number of likely N-dealkylation sites (N-methyl/N-ethyl adjacent to an activating group) is 1. The van der Waals surface area contributed by atoms with E-state index in [1.807, 2.05) is 29.1 Å². The zero-order valence-corrected chi connectivity index (χ0v) is 17.4. The zero-order chi connectivity index (χ0) is 20.4. The summed E-state index contributed by atoms with van der Waals surface area (Å²) in [5, 5.41) is 15.7. The Hall–Kier alpha value is -3.13. The van der Waals surface area contributed by atoms with Crippen molar-refractivity contribution in [3.63, 3.8) is 0 Å². The number of hydrogen-bond acceptors (Lipinski definition) is 7. The van der Waals surface area contributed by atoms with Crippen LogP contribution in [0.15, 0.2) is 70.2 Å². The van der Waals surface area contributed by atoms with E-state index in [-0.39, 0.29) is 0 Å². The molecule has 1 aliphatic heterocycles. The minimum Gasteiger partial charge on any atom is -0.299 e. The van der Waals surface area contributed by atoms with Gasteiger partial charge in [0, 0.05) is 30.1 Å². The van der Waals surface area contributed by atoms with Crippen LogP contribution in [0.2, 0.25) is 0 Å². The van der Waals surface area contributed by atoms with Gasteiger partial charge in [0.15, 0.2) is 12.5 Å². The van der Waals surface area contributed by atoms with E-state index in [0.717, 1.165) is 34.5 Å². The molecule has 29 heavy (non-hydrogen) atoms. The summed E-state index contributed by atoms with van der Waals surface area (Å²) in [6.07, 6.45) is 4.05. The third-order valence-corrected chi connectivity index (χ3v) is 6.17. The van der Waals surface area contributed by atoms with E-state index >= 15 is 0 Å². The molecule has 8 heteroatoms. The van der Waals surface area contributed by atoms with Crippen LogP contribution in [-0.4, -0.2) is 34.3 Å². The first-order chi connectivity index (χ1) is 14.1. The molecule has 0 spiro atoms. The highest BCUT2D eigenvalue weighted by Gasteiger charge is 2.29. The maximum Gasteiger partial charge on any atom is 0.197 e. The Labute approximate surface area is 174 Å². The van der Waals surface area contributed by atoms with Crippen LogP contribution >= 0.6 is 11.8 Å². The Morgan fingerprint density at radius 2 is 1.97 bits per heavy atom. The van der Waals surface area contributed by atoms with Gasteiger partial charge in [-0.15, -0.1) is 11.8 Å². The lowest BCUT2D eigenvalue weighted by molar-refractivity contribution is -0.111. The molecule has 0 fully saturated rings. The maximum atomic E-state index is 11.5. The molecule has 0 bridgehead atoms. The fourth-order valence-electron chi connectivity index (χ4n) is 3.31. The van der Waals surface area contributed by atoms with Gasteiger partial charge in [0.05, 0.1) is 11.4 Å². The summed E-state index contributed by atoms with van der Waals surface area (Å²) < 4.78 is 1.86. The van der Waals surface area contributed by atoms with E-state index in [1.165, 1.54) is 10.5 Å². The van der Waals surface area contributed by atoms with Gasteiger partial charge >= 0.3 is 0 Å². The molecule has 1 aliphatic rings. The third-order valence-electron chi connectivity index (χ3n) is 4.96. The van der Waals surface area contributed by atoms with Crippen molar-refractivity contribution in [3.8, 4) is 5.69 Å². The van der Waals surface area contributed by atoms with Gasteiger partial charge in [-0.2, -0.15) is 5.10 Å². The summed E-state index contributed by atoms with van der Waals surface area (Å²) in [5.41, 5.74) is 5.46. The molecule has 0 N–H and O–H groups in total. The average Bonchev–Trinajstić information content (AvgIpc) is 3.37. The normalized spacial score (nSPS) is 15.9. The van der Waals surface area contributed by atoms with Crippen molar-refractivity contribution in [3.05, 3.63) is 71.5 Å². The number of rotatable bonds is 6. The van der Waals surface area contributed by atoms with Gasteiger partial charge in [-0.1, -0.05) is 17.4 Å². The minimum atomic E-state index is -0.518. The minimum absolute atomic E-state index is 0.518. The lowest BCUT2D eigenvalue weighted by Gasteiger charge is -2.24. The molecule has 2 heterocycles. The SMILES string of the molecule is Cc1cc(-n2cccn2)ccc1SCc1c(C)cccc1N1N=NN(C)C1C=O. The van der Waals surface area contributed by atoms with Crippen molar-refractivity contribution < 1.29 is 4.79 Å². The lowest BCUT2D eigenvalue weighted by atomic mass is 10.1. The number of hydrogen-bond donors (Lipinski definition) is 0. The Kier molecular flexibility index (Phi) is 5.35. The molecule has 1 unspecified atom stereocenters. The molecule has 4 rings (SSSR count). The molecule has 1 aromatic heterocycles. The molecule has 1 atom stereocenters. The molecule has 0 saturated heterocycles. The van der Waals surface area contributed by atoms with E-state index in [4.69, 9.17) is 0 Å². The molecule has 0 saturated carbocycles. The number of carbonyl (C=O) groups is 1. The lowest BCUT2D eigenvalue weighted by Crippen LogP contribution is -2.38. The van der Waals surface area contributed by atoms with Crippen LogP contribution in [0.3, 0.4) is 0 Å². The van der Waals surface area contributed by atoms with Crippen LogP contribution in [0.25, 0.3) is 5.69 Å². The van der Waals surface area contributed by atoms with Crippen LogP contribution in [-0.2, 0) is 10.5 Å². The predicted octanol–water partition coefficient (Wildman–Crippen LogP) is 4.34. The van der Waals surface area contributed by atoms with Gasteiger partial charge in [0.25, 0.3) is 0 Å². The van der Waals surface area contributed by atoms with Gasteiger partial charge in [-0.05, 0) is 66.1 Å².